The van der Waals surface area contributed by atoms with Gasteiger partial charge in [-0.1, -0.05) is 32.6 Å². The highest BCUT2D eigenvalue weighted by atomic mass is 32.1. The molecule has 0 radical (unpaired) electrons. The molecule has 0 aromatic heterocycles. The van der Waals surface area contributed by atoms with Crippen LogP contribution in [0.5, 0.6) is 5.75 Å². The zero-order valence-corrected chi connectivity index (χ0v) is 16.8. The lowest BCUT2D eigenvalue weighted by Gasteiger charge is -2.11. The van der Waals surface area contributed by atoms with Gasteiger partial charge in [0.25, 0.3) is 11.8 Å². The topological polar surface area (TPSA) is 88.7 Å². The summed E-state index contributed by atoms with van der Waals surface area (Å²) in [5.74, 6) is -0.0340. The van der Waals surface area contributed by atoms with Crippen molar-refractivity contribution < 1.29 is 19.1 Å². The van der Waals surface area contributed by atoms with Crippen LogP contribution in [-0.2, 0) is 9.53 Å². The van der Waals surface area contributed by atoms with Gasteiger partial charge in [-0.05, 0) is 49.8 Å². The Morgan fingerprint density at radius 1 is 1.00 bits per heavy atom. The Hall–Kier alpha value is -2.19. The maximum atomic E-state index is 12.1. The summed E-state index contributed by atoms with van der Waals surface area (Å²) in [6, 6.07) is 6.83. The second-order valence-electron chi connectivity index (χ2n) is 5.88. The fourth-order valence-electron chi connectivity index (χ4n) is 2.16. The van der Waals surface area contributed by atoms with Crippen LogP contribution in [0.3, 0.4) is 0 Å². The fraction of sp³-hybridized carbons (Fsp3) is 0.526. The standard InChI is InChI=1S/C19H29N3O4S/c1-3-5-6-7-8-13-26-16-11-9-15(10-12-16)18(24)20-19(27)22-21-17(23)14-25-4-2/h9-12H,3-8,13-14H2,1-2H3,(H,21,23)(H2,20,22,24,27). The lowest BCUT2D eigenvalue weighted by Crippen LogP contribution is -2.49. The normalized spacial score (nSPS) is 10.1. The number of ether oxygens (including phenoxy) is 2. The molecule has 0 saturated heterocycles. The first-order chi connectivity index (χ1) is 13.1. The van der Waals surface area contributed by atoms with Crippen LogP contribution in [-0.4, -0.2) is 36.7 Å². The van der Waals surface area contributed by atoms with E-state index in [9.17, 15) is 9.59 Å². The number of unbranched alkanes of at least 4 members (excludes halogenated alkanes) is 4. The lowest BCUT2D eigenvalue weighted by atomic mass is 10.2. The van der Waals surface area contributed by atoms with Crippen LogP contribution in [0.1, 0.15) is 56.3 Å². The molecular weight excluding hydrogens is 366 g/mol. The van der Waals surface area contributed by atoms with Gasteiger partial charge in [0.2, 0.25) is 0 Å². The number of nitrogens with one attached hydrogen (secondary N) is 3. The summed E-state index contributed by atoms with van der Waals surface area (Å²) in [5.41, 5.74) is 5.22. The Morgan fingerprint density at radius 2 is 1.70 bits per heavy atom. The molecule has 150 valence electrons. The molecule has 0 aliphatic heterocycles. The molecule has 0 saturated carbocycles. The number of benzene rings is 1. The van der Waals surface area contributed by atoms with Gasteiger partial charge in [0.05, 0.1) is 6.61 Å². The molecule has 1 rings (SSSR count). The number of hydrazine groups is 1. The molecule has 0 heterocycles. The Balaban J connectivity index is 2.30. The molecule has 1 aromatic rings. The van der Waals surface area contributed by atoms with E-state index in [1.54, 1.807) is 31.2 Å². The predicted octanol–water partition coefficient (Wildman–Crippen LogP) is 2.71. The Bertz CT molecular complexity index is 593. The van der Waals surface area contributed by atoms with Crippen molar-refractivity contribution in [1.82, 2.24) is 16.2 Å². The molecule has 0 bridgehead atoms. The van der Waals surface area contributed by atoms with Gasteiger partial charge in [0.15, 0.2) is 5.11 Å². The number of amides is 2. The molecule has 27 heavy (non-hydrogen) atoms. The number of hydrogen-bond acceptors (Lipinski definition) is 5. The minimum atomic E-state index is -0.385. The van der Waals surface area contributed by atoms with E-state index in [-0.39, 0.29) is 23.5 Å². The van der Waals surface area contributed by atoms with Crippen molar-refractivity contribution in [2.45, 2.75) is 46.0 Å². The van der Waals surface area contributed by atoms with Crippen LogP contribution < -0.4 is 20.9 Å². The first kappa shape index (κ1) is 22.9. The van der Waals surface area contributed by atoms with Gasteiger partial charge in [-0.3, -0.25) is 25.8 Å². The molecule has 0 unspecified atom stereocenters. The Morgan fingerprint density at radius 3 is 2.37 bits per heavy atom. The fourth-order valence-corrected chi connectivity index (χ4v) is 2.31. The molecule has 2 amide bonds. The summed E-state index contributed by atoms with van der Waals surface area (Å²) in [4.78, 5) is 23.5. The molecule has 8 heteroatoms. The van der Waals surface area contributed by atoms with E-state index < -0.39 is 0 Å². The van der Waals surface area contributed by atoms with Gasteiger partial charge in [-0.2, -0.15) is 0 Å². The lowest BCUT2D eigenvalue weighted by molar-refractivity contribution is -0.126. The van der Waals surface area contributed by atoms with E-state index >= 15 is 0 Å². The molecule has 0 aliphatic rings. The number of carbonyl (C=O) groups excluding carboxylic acids is 2. The van der Waals surface area contributed by atoms with Gasteiger partial charge in [-0.15, -0.1) is 0 Å². The molecule has 0 spiro atoms. The summed E-state index contributed by atoms with van der Waals surface area (Å²) in [5, 5.41) is 2.48. The summed E-state index contributed by atoms with van der Waals surface area (Å²) in [7, 11) is 0. The van der Waals surface area contributed by atoms with Crippen LogP contribution in [0, 0.1) is 0 Å². The average molecular weight is 396 g/mol. The number of hydrogen-bond donors (Lipinski definition) is 3. The maximum absolute atomic E-state index is 12.1. The minimum Gasteiger partial charge on any atom is -0.494 e. The Labute approximate surface area is 166 Å². The van der Waals surface area contributed by atoms with Gasteiger partial charge in [-0.25, -0.2) is 0 Å². The number of thiocarbonyl (C=S) groups is 1. The van der Waals surface area contributed by atoms with Crippen molar-refractivity contribution >= 4 is 29.1 Å². The van der Waals surface area contributed by atoms with E-state index in [0.29, 0.717) is 18.8 Å². The third-order valence-electron chi connectivity index (χ3n) is 3.61. The van der Waals surface area contributed by atoms with Crippen LogP contribution in [0.25, 0.3) is 0 Å². The predicted molar refractivity (Wildman–Crippen MR) is 109 cm³/mol. The molecule has 3 N–H and O–H groups in total. The zero-order chi connectivity index (χ0) is 19.9. The van der Waals surface area contributed by atoms with Gasteiger partial charge in [0, 0.05) is 12.2 Å². The van der Waals surface area contributed by atoms with Crippen LogP contribution >= 0.6 is 12.2 Å². The molecule has 0 fully saturated rings. The highest BCUT2D eigenvalue weighted by Gasteiger charge is 2.09. The van der Waals surface area contributed by atoms with E-state index in [4.69, 9.17) is 21.7 Å². The SMILES string of the molecule is CCCCCCCOc1ccc(C(=O)NC(=S)NNC(=O)COCC)cc1. The quantitative estimate of drug-likeness (QED) is 0.303. The maximum Gasteiger partial charge on any atom is 0.264 e. The average Bonchev–Trinajstić information content (AvgIpc) is 2.67. The monoisotopic (exact) mass is 395 g/mol. The third-order valence-corrected chi connectivity index (χ3v) is 3.82. The highest BCUT2D eigenvalue weighted by molar-refractivity contribution is 7.80. The van der Waals surface area contributed by atoms with E-state index in [0.717, 1.165) is 12.2 Å². The zero-order valence-electron chi connectivity index (χ0n) is 16.0. The van der Waals surface area contributed by atoms with Crippen molar-refractivity contribution in [2.75, 3.05) is 19.8 Å². The molecule has 0 aliphatic carbocycles. The molecule has 1 aromatic carbocycles. The Kier molecular flexibility index (Phi) is 11.8. The summed E-state index contributed by atoms with van der Waals surface area (Å²) < 4.78 is 10.6. The summed E-state index contributed by atoms with van der Waals surface area (Å²) in [6.45, 7) is 5.00. The molecule has 0 atom stereocenters. The first-order valence-corrected chi connectivity index (χ1v) is 9.68. The van der Waals surface area contributed by atoms with Crippen molar-refractivity contribution in [2.24, 2.45) is 0 Å². The van der Waals surface area contributed by atoms with Gasteiger partial charge < -0.3 is 9.47 Å². The van der Waals surface area contributed by atoms with Crippen molar-refractivity contribution in [3.63, 3.8) is 0 Å². The second-order valence-corrected chi connectivity index (χ2v) is 6.29. The van der Waals surface area contributed by atoms with Crippen LogP contribution in [0.4, 0.5) is 0 Å². The number of carbonyl (C=O) groups is 2. The van der Waals surface area contributed by atoms with Gasteiger partial charge in [0.1, 0.15) is 12.4 Å². The van der Waals surface area contributed by atoms with Crippen molar-refractivity contribution in [3.8, 4) is 5.75 Å². The highest BCUT2D eigenvalue weighted by Crippen LogP contribution is 2.13. The van der Waals surface area contributed by atoms with E-state index in [2.05, 4.69) is 23.1 Å². The molecule has 7 nitrogen and oxygen atoms in total. The summed E-state index contributed by atoms with van der Waals surface area (Å²) in [6.07, 6.45) is 5.91. The minimum absolute atomic E-state index is 0.00254. The van der Waals surface area contributed by atoms with Crippen LogP contribution in [0.15, 0.2) is 24.3 Å². The molecular formula is C19H29N3O4S. The first-order valence-electron chi connectivity index (χ1n) is 9.27. The third kappa shape index (κ3) is 10.5. The summed E-state index contributed by atoms with van der Waals surface area (Å²) >= 11 is 4.96. The largest absolute Gasteiger partial charge is 0.494 e. The smallest absolute Gasteiger partial charge is 0.264 e. The number of rotatable bonds is 11. The van der Waals surface area contributed by atoms with Crippen molar-refractivity contribution in [1.29, 1.82) is 0 Å². The van der Waals surface area contributed by atoms with Gasteiger partial charge >= 0.3 is 0 Å². The van der Waals surface area contributed by atoms with E-state index in [1.165, 1.54) is 25.7 Å². The van der Waals surface area contributed by atoms with Crippen molar-refractivity contribution in [3.05, 3.63) is 29.8 Å². The van der Waals surface area contributed by atoms with E-state index in [1.807, 2.05) is 0 Å². The van der Waals surface area contributed by atoms with Crippen LogP contribution in [0.2, 0.25) is 0 Å². The second kappa shape index (κ2) is 13.9.